The minimum absolute atomic E-state index is 0.905. The molecule has 7 heteroatoms. The van der Waals surface area contributed by atoms with Crippen molar-refractivity contribution in [2.24, 2.45) is 5.73 Å². The predicted molar refractivity (Wildman–Crippen MR) is 50.5 cm³/mol. The normalized spacial score (nSPS) is 16.8. The monoisotopic (exact) mass is 243 g/mol. The number of esters is 1. The summed E-state index contributed by atoms with van der Waals surface area (Å²) in [6.07, 6.45) is -6.16. The van der Waals surface area contributed by atoms with E-state index in [1.807, 2.05) is 0 Å². The Morgan fingerprint density at radius 1 is 1.31 bits per heavy atom. The highest BCUT2D eigenvalue weighted by Crippen LogP contribution is 2.32. The maximum absolute atomic E-state index is 12.4. The molecule has 4 nitrogen and oxygen atoms in total. The van der Waals surface area contributed by atoms with Gasteiger partial charge in [-0.2, -0.15) is 13.2 Å². The van der Waals surface area contributed by atoms with E-state index in [9.17, 15) is 23.1 Å². The first-order valence-electron chi connectivity index (χ1n) is 4.62. The van der Waals surface area contributed by atoms with E-state index in [-0.39, 0.29) is 0 Å². The van der Waals surface area contributed by atoms with Crippen LogP contribution in [0.1, 0.15) is 27.2 Å². The van der Waals surface area contributed by atoms with E-state index in [1.165, 1.54) is 20.8 Å². The van der Waals surface area contributed by atoms with Crippen LogP contribution in [0, 0.1) is 0 Å². The highest BCUT2D eigenvalue weighted by Gasteiger charge is 2.54. The number of halogens is 3. The molecule has 0 saturated carbocycles. The summed E-state index contributed by atoms with van der Waals surface area (Å²) in [6, 6.07) is 0. The van der Waals surface area contributed by atoms with Gasteiger partial charge < -0.3 is 15.6 Å². The van der Waals surface area contributed by atoms with E-state index in [0.717, 1.165) is 0 Å². The standard InChI is InChI=1S/C9H16F3NO3/c1-7(2,3)16-6(14)4-8(15,5-13)9(10,11)12/h15H,4-5,13H2,1-3H3/t8-/m1/s1. The topological polar surface area (TPSA) is 72.5 Å². The lowest BCUT2D eigenvalue weighted by Crippen LogP contribution is -2.53. The van der Waals surface area contributed by atoms with Gasteiger partial charge in [-0.1, -0.05) is 0 Å². The molecule has 0 amide bonds. The Bertz CT molecular complexity index is 260. The fraction of sp³-hybridized carbons (Fsp3) is 0.889. The number of carbonyl (C=O) groups is 1. The molecular weight excluding hydrogens is 227 g/mol. The Morgan fingerprint density at radius 3 is 2.00 bits per heavy atom. The molecule has 0 aromatic heterocycles. The zero-order chi connectivity index (χ0) is 13.2. The molecular formula is C9H16F3NO3. The van der Waals surface area contributed by atoms with Crippen LogP contribution in [0.5, 0.6) is 0 Å². The molecule has 0 radical (unpaired) electrons. The molecule has 0 aromatic rings. The number of hydrogen-bond donors (Lipinski definition) is 2. The smallest absolute Gasteiger partial charge is 0.419 e. The van der Waals surface area contributed by atoms with Crippen molar-refractivity contribution >= 4 is 5.97 Å². The maximum atomic E-state index is 12.4. The van der Waals surface area contributed by atoms with Crippen LogP contribution >= 0.6 is 0 Å². The summed E-state index contributed by atoms with van der Waals surface area (Å²) in [5, 5.41) is 9.17. The van der Waals surface area contributed by atoms with Gasteiger partial charge in [-0.15, -0.1) is 0 Å². The summed E-state index contributed by atoms with van der Waals surface area (Å²) in [5.74, 6) is -1.14. The van der Waals surface area contributed by atoms with E-state index < -0.39 is 36.3 Å². The molecule has 0 aliphatic carbocycles. The summed E-state index contributed by atoms with van der Waals surface area (Å²) in [6.45, 7) is 3.45. The van der Waals surface area contributed by atoms with Crippen molar-refractivity contribution in [1.82, 2.24) is 0 Å². The lowest BCUT2D eigenvalue weighted by atomic mass is 9.99. The van der Waals surface area contributed by atoms with Gasteiger partial charge in [0.15, 0.2) is 5.60 Å². The molecule has 0 fully saturated rings. The van der Waals surface area contributed by atoms with Gasteiger partial charge in [0, 0.05) is 6.54 Å². The Hall–Kier alpha value is -0.820. The quantitative estimate of drug-likeness (QED) is 0.724. The van der Waals surface area contributed by atoms with Crippen molar-refractivity contribution < 1.29 is 27.8 Å². The third kappa shape index (κ3) is 4.36. The van der Waals surface area contributed by atoms with Gasteiger partial charge in [0.1, 0.15) is 5.60 Å². The van der Waals surface area contributed by atoms with Crippen molar-refractivity contribution in [1.29, 1.82) is 0 Å². The maximum Gasteiger partial charge on any atom is 0.419 e. The molecule has 3 N–H and O–H groups in total. The first-order valence-corrected chi connectivity index (χ1v) is 4.62. The first kappa shape index (κ1) is 15.2. The molecule has 0 rings (SSSR count). The molecule has 0 saturated heterocycles. The third-order valence-corrected chi connectivity index (χ3v) is 1.72. The molecule has 0 aliphatic heterocycles. The van der Waals surface area contributed by atoms with Gasteiger partial charge in [-0.05, 0) is 20.8 Å². The van der Waals surface area contributed by atoms with Crippen LogP contribution in [0.4, 0.5) is 13.2 Å². The Morgan fingerprint density at radius 2 is 1.75 bits per heavy atom. The first-order chi connectivity index (χ1) is 6.91. The van der Waals surface area contributed by atoms with Crippen molar-refractivity contribution in [3.05, 3.63) is 0 Å². The SMILES string of the molecule is CC(C)(C)OC(=O)C[C@@](O)(CN)C(F)(F)F. The Kier molecular flexibility index (Phi) is 4.35. The number of rotatable bonds is 3. The number of aliphatic hydroxyl groups is 1. The summed E-state index contributed by atoms with van der Waals surface area (Å²) in [7, 11) is 0. The molecule has 0 bridgehead atoms. The van der Waals surface area contributed by atoms with Gasteiger partial charge in [0.05, 0.1) is 6.42 Å². The highest BCUT2D eigenvalue weighted by molar-refractivity contribution is 5.71. The molecule has 0 spiro atoms. The lowest BCUT2D eigenvalue weighted by molar-refractivity contribution is -0.259. The van der Waals surface area contributed by atoms with Crippen LogP contribution in [0.2, 0.25) is 0 Å². The molecule has 16 heavy (non-hydrogen) atoms. The highest BCUT2D eigenvalue weighted by atomic mass is 19.4. The van der Waals surface area contributed by atoms with E-state index in [4.69, 9.17) is 5.73 Å². The molecule has 0 heterocycles. The van der Waals surface area contributed by atoms with Crippen LogP contribution in [-0.2, 0) is 9.53 Å². The zero-order valence-electron chi connectivity index (χ0n) is 9.39. The van der Waals surface area contributed by atoms with Gasteiger partial charge in [-0.3, -0.25) is 4.79 Å². The molecule has 0 aromatic carbocycles. The van der Waals surface area contributed by atoms with Crippen LogP contribution in [0.3, 0.4) is 0 Å². The fourth-order valence-electron chi connectivity index (χ4n) is 0.904. The molecule has 96 valence electrons. The Balaban J connectivity index is 4.63. The van der Waals surface area contributed by atoms with Crippen LogP contribution in [0.15, 0.2) is 0 Å². The molecule has 0 aliphatic rings. The number of ether oxygens (including phenoxy) is 1. The van der Waals surface area contributed by atoms with Gasteiger partial charge in [0.25, 0.3) is 0 Å². The van der Waals surface area contributed by atoms with Crippen molar-refractivity contribution in [3.8, 4) is 0 Å². The van der Waals surface area contributed by atoms with Crippen molar-refractivity contribution in [2.75, 3.05) is 6.54 Å². The number of alkyl halides is 3. The molecule has 0 unspecified atom stereocenters. The summed E-state index contributed by atoms with van der Waals surface area (Å²) >= 11 is 0. The zero-order valence-corrected chi connectivity index (χ0v) is 9.39. The average molecular weight is 243 g/mol. The largest absolute Gasteiger partial charge is 0.460 e. The van der Waals surface area contributed by atoms with Crippen molar-refractivity contribution in [2.45, 2.75) is 44.6 Å². The predicted octanol–water partition coefficient (Wildman–Crippen LogP) is 0.970. The van der Waals surface area contributed by atoms with Gasteiger partial charge in [-0.25, -0.2) is 0 Å². The molecule has 1 atom stereocenters. The summed E-state index contributed by atoms with van der Waals surface area (Å²) in [4.78, 5) is 11.1. The number of nitrogens with two attached hydrogens (primary N) is 1. The second kappa shape index (κ2) is 4.58. The number of carbonyl (C=O) groups excluding carboxylic acids is 1. The second-order valence-corrected chi connectivity index (χ2v) is 4.50. The van der Waals surface area contributed by atoms with Crippen LogP contribution in [-0.4, -0.2) is 35.0 Å². The fourth-order valence-corrected chi connectivity index (χ4v) is 0.904. The van der Waals surface area contributed by atoms with E-state index in [0.29, 0.717) is 0 Å². The average Bonchev–Trinajstić information content (AvgIpc) is 1.97. The van der Waals surface area contributed by atoms with E-state index in [1.54, 1.807) is 0 Å². The van der Waals surface area contributed by atoms with Crippen LogP contribution in [0.25, 0.3) is 0 Å². The van der Waals surface area contributed by atoms with Gasteiger partial charge in [0.2, 0.25) is 0 Å². The number of hydrogen-bond acceptors (Lipinski definition) is 4. The third-order valence-electron chi connectivity index (χ3n) is 1.72. The van der Waals surface area contributed by atoms with Gasteiger partial charge >= 0.3 is 12.1 Å². The second-order valence-electron chi connectivity index (χ2n) is 4.50. The Labute approximate surface area is 91.6 Å². The van der Waals surface area contributed by atoms with E-state index in [2.05, 4.69) is 4.74 Å². The summed E-state index contributed by atoms with van der Waals surface area (Å²) in [5.41, 5.74) is 0.696. The lowest BCUT2D eigenvalue weighted by Gasteiger charge is -2.29. The van der Waals surface area contributed by atoms with Crippen LogP contribution < -0.4 is 5.73 Å². The summed E-state index contributed by atoms with van der Waals surface area (Å²) < 4.78 is 41.8. The van der Waals surface area contributed by atoms with Crippen molar-refractivity contribution in [3.63, 3.8) is 0 Å². The minimum atomic E-state index is -4.96. The minimum Gasteiger partial charge on any atom is -0.460 e. The van der Waals surface area contributed by atoms with E-state index >= 15 is 0 Å².